The molecule has 1 aromatic carbocycles. The lowest BCUT2D eigenvalue weighted by atomic mass is 10.3. The van der Waals surface area contributed by atoms with Crippen LogP contribution in [-0.4, -0.2) is 48.6 Å². The summed E-state index contributed by atoms with van der Waals surface area (Å²) in [6, 6.07) is 4.09. The maximum atomic E-state index is 13.5. The van der Waals surface area contributed by atoms with E-state index in [4.69, 9.17) is 5.11 Å². The van der Waals surface area contributed by atoms with Gasteiger partial charge in [0.15, 0.2) is 0 Å². The first-order valence-electron chi connectivity index (χ1n) is 5.78. The lowest BCUT2D eigenvalue weighted by Gasteiger charge is -2.20. The number of carbonyl (C=O) groups excluding carboxylic acids is 1. The molecule has 0 aliphatic carbocycles. The minimum atomic E-state index is -2.61. The monoisotopic (exact) mass is 354 g/mol. The van der Waals surface area contributed by atoms with Crippen LogP contribution in [0.3, 0.4) is 0 Å². The van der Waals surface area contributed by atoms with Crippen molar-refractivity contribution in [2.75, 3.05) is 31.6 Å². The number of nitrogens with zero attached hydrogens (tertiary/aromatic N) is 1. The Kier molecular flexibility index (Phi) is 6.97. The number of halogens is 4. The first kappa shape index (κ1) is 16.9. The van der Waals surface area contributed by atoms with Crippen LogP contribution in [0.15, 0.2) is 22.7 Å². The summed E-state index contributed by atoms with van der Waals surface area (Å²) in [4.78, 5) is 12.8. The minimum absolute atomic E-state index is 0.0285. The van der Waals surface area contributed by atoms with Gasteiger partial charge in [-0.3, -0.25) is 9.69 Å². The molecule has 1 amide bonds. The quantitative estimate of drug-likeness (QED) is 0.788. The molecule has 0 fully saturated rings. The van der Waals surface area contributed by atoms with Gasteiger partial charge >= 0.3 is 0 Å². The standard InChI is InChI=1S/C12H14BrF3N2O2/c13-8-1-2-10(9(14)5-8)17-12(20)7-18(3-4-19)6-11(15)16/h1-2,5,11,19H,3-4,6-7H2,(H,17,20). The lowest BCUT2D eigenvalue weighted by molar-refractivity contribution is -0.117. The number of aliphatic hydroxyl groups excluding tert-OH is 1. The molecule has 112 valence electrons. The van der Waals surface area contributed by atoms with Crippen molar-refractivity contribution >= 4 is 27.5 Å². The number of benzene rings is 1. The fourth-order valence-electron chi connectivity index (χ4n) is 1.56. The normalized spacial score (nSPS) is 11.2. The molecule has 0 aromatic heterocycles. The Bertz CT molecular complexity index is 460. The Morgan fingerprint density at radius 3 is 2.70 bits per heavy atom. The van der Waals surface area contributed by atoms with Crippen LogP contribution in [0.1, 0.15) is 0 Å². The number of hydrogen-bond acceptors (Lipinski definition) is 3. The molecule has 0 saturated carbocycles. The highest BCUT2D eigenvalue weighted by atomic mass is 79.9. The van der Waals surface area contributed by atoms with Crippen molar-refractivity contribution in [1.29, 1.82) is 0 Å². The van der Waals surface area contributed by atoms with Crippen LogP contribution >= 0.6 is 15.9 Å². The molecular formula is C12H14BrF3N2O2. The third-order valence-corrected chi connectivity index (χ3v) is 2.88. The molecule has 1 rings (SSSR count). The Morgan fingerprint density at radius 1 is 1.45 bits per heavy atom. The topological polar surface area (TPSA) is 52.6 Å². The van der Waals surface area contributed by atoms with Gasteiger partial charge in [0.05, 0.1) is 25.4 Å². The van der Waals surface area contributed by atoms with Crippen LogP contribution in [0.4, 0.5) is 18.9 Å². The number of alkyl halides is 2. The number of nitrogens with one attached hydrogen (secondary N) is 1. The van der Waals surface area contributed by atoms with E-state index in [-0.39, 0.29) is 25.4 Å². The Balaban J connectivity index is 2.60. The summed E-state index contributed by atoms with van der Waals surface area (Å²) in [5, 5.41) is 11.0. The molecule has 20 heavy (non-hydrogen) atoms. The first-order chi connectivity index (χ1) is 9.42. The molecule has 0 aliphatic rings. The van der Waals surface area contributed by atoms with Crippen molar-refractivity contribution in [1.82, 2.24) is 4.90 Å². The molecule has 0 atom stereocenters. The van der Waals surface area contributed by atoms with Gasteiger partial charge in [0.1, 0.15) is 5.82 Å². The summed E-state index contributed by atoms with van der Waals surface area (Å²) in [5.74, 6) is -1.25. The summed E-state index contributed by atoms with van der Waals surface area (Å²) < 4.78 is 38.6. The highest BCUT2D eigenvalue weighted by Crippen LogP contribution is 2.19. The molecular weight excluding hydrogens is 341 g/mol. The summed E-state index contributed by atoms with van der Waals surface area (Å²) >= 11 is 3.08. The van der Waals surface area contributed by atoms with Crippen molar-refractivity contribution in [3.63, 3.8) is 0 Å². The summed E-state index contributed by atoms with van der Waals surface area (Å²) in [5.41, 5.74) is -0.0285. The molecule has 0 bridgehead atoms. The average Bonchev–Trinajstić information content (AvgIpc) is 2.32. The zero-order valence-corrected chi connectivity index (χ0v) is 12.0. The number of carbonyl (C=O) groups is 1. The van der Waals surface area contributed by atoms with Crippen molar-refractivity contribution in [2.24, 2.45) is 0 Å². The summed E-state index contributed by atoms with van der Waals surface area (Å²) in [7, 11) is 0. The number of aliphatic hydroxyl groups is 1. The van der Waals surface area contributed by atoms with Crippen molar-refractivity contribution in [3.05, 3.63) is 28.5 Å². The van der Waals surface area contributed by atoms with Gasteiger partial charge in [-0.25, -0.2) is 13.2 Å². The van der Waals surface area contributed by atoms with Crippen molar-refractivity contribution in [2.45, 2.75) is 6.43 Å². The predicted molar refractivity (Wildman–Crippen MR) is 72.3 cm³/mol. The highest BCUT2D eigenvalue weighted by Gasteiger charge is 2.16. The van der Waals surface area contributed by atoms with Gasteiger partial charge in [-0.05, 0) is 18.2 Å². The van der Waals surface area contributed by atoms with Crippen molar-refractivity contribution < 1.29 is 23.1 Å². The molecule has 0 radical (unpaired) electrons. The van der Waals surface area contributed by atoms with Crippen LogP contribution in [0.5, 0.6) is 0 Å². The van der Waals surface area contributed by atoms with E-state index in [0.717, 1.165) is 4.90 Å². The second-order valence-corrected chi connectivity index (χ2v) is 4.94. The Hall–Kier alpha value is -1.12. The molecule has 1 aromatic rings. The molecule has 8 heteroatoms. The molecule has 2 N–H and O–H groups in total. The van der Waals surface area contributed by atoms with E-state index in [1.807, 2.05) is 0 Å². The predicted octanol–water partition coefficient (Wildman–Crippen LogP) is 2.09. The van der Waals surface area contributed by atoms with E-state index >= 15 is 0 Å². The van der Waals surface area contributed by atoms with E-state index < -0.39 is 24.7 Å². The second-order valence-electron chi connectivity index (χ2n) is 4.02. The second kappa shape index (κ2) is 8.23. The van der Waals surface area contributed by atoms with E-state index in [2.05, 4.69) is 21.2 Å². The molecule has 0 unspecified atom stereocenters. The SMILES string of the molecule is O=C(CN(CCO)CC(F)F)Nc1ccc(Br)cc1F. The van der Waals surface area contributed by atoms with Crippen LogP contribution < -0.4 is 5.32 Å². The van der Waals surface area contributed by atoms with Crippen molar-refractivity contribution in [3.8, 4) is 0 Å². The zero-order valence-electron chi connectivity index (χ0n) is 10.5. The van der Waals surface area contributed by atoms with Crippen LogP contribution in [0, 0.1) is 5.82 Å². The number of amides is 1. The van der Waals surface area contributed by atoms with E-state index in [0.29, 0.717) is 4.47 Å². The minimum Gasteiger partial charge on any atom is -0.395 e. The van der Waals surface area contributed by atoms with Gasteiger partial charge in [0, 0.05) is 11.0 Å². The summed E-state index contributed by atoms with van der Waals surface area (Å²) in [6.45, 7) is -1.37. The fourth-order valence-corrected chi connectivity index (χ4v) is 1.89. The number of anilines is 1. The number of rotatable bonds is 7. The number of hydrogen-bond donors (Lipinski definition) is 2. The van der Waals surface area contributed by atoms with Crippen LogP contribution in [0.25, 0.3) is 0 Å². The molecule has 0 heterocycles. The smallest absolute Gasteiger partial charge is 0.251 e. The summed E-state index contributed by atoms with van der Waals surface area (Å²) in [6.07, 6.45) is -2.61. The van der Waals surface area contributed by atoms with E-state index in [1.165, 1.54) is 12.1 Å². The van der Waals surface area contributed by atoms with E-state index in [9.17, 15) is 18.0 Å². The fraction of sp³-hybridized carbons (Fsp3) is 0.417. The van der Waals surface area contributed by atoms with Crippen LogP contribution in [0.2, 0.25) is 0 Å². The molecule has 0 aliphatic heterocycles. The highest BCUT2D eigenvalue weighted by molar-refractivity contribution is 9.10. The maximum Gasteiger partial charge on any atom is 0.251 e. The van der Waals surface area contributed by atoms with Gasteiger partial charge in [0.2, 0.25) is 5.91 Å². The average molecular weight is 355 g/mol. The Morgan fingerprint density at radius 2 is 2.15 bits per heavy atom. The van der Waals surface area contributed by atoms with Gasteiger partial charge in [-0.1, -0.05) is 15.9 Å². The first-order valence-corrected chi connectivity index (χ1v) is 6.58. The van der Waals surface area contributed by atoms with Gasteiger partial charge in [0.25, 0.3) is 6.43 Å². The van der Waals surface area contributed by atoms with Crippen LogP contribution in [-0.2, 0) is 4.79 Å². The lowest BCUT2D eigenvalue weighted by Crippen LogP contribution is -2.38. The largest absolute Gasteiger partial charge is 0.395 e. The zero-order chi connectivity index (χ0) is 15.1. The molecule has 4 nitrogen and oxygen atoms in total. The third-order valence-electron chi connectivity index (χ3n) is 2.38. The third kappa shape index (κ3) is 5.89. The Labute approximate surface area is 122 Å². The van der Waals surface area contributed by atoms with Gasteiger partial charge < -0.3 is 10.4 Å². The van der Waals surface area contributed by atoms with Gasteiger partial charge in [-0.15, -0.1) is 0 Å². The molecule has 0 spiro atoms. The van der Waals surface area contributed by atoms with E-state index in [1.54, 1.807) is 6.07 Å². The molecule has 0 saturated heterocycles. The van der Waals surface area contributed by atoms with Gasteiger partial charge in [-0.2, -0.15) is 0 Å². The maximum absolute atomic E-state index is 13.5.